The summed E-state index contributed by atoms with van der Waals surface area (Å²) in [6, 6.07) is 3.33. The van der Waals surface area contributed by atoms with E-state index in [2.05, 4.69) is 34.0 Å². The maximum atomic E-state index is 11.1. The lowest BCUT2D eigenvalue weighted by molar-refractivity contribution is -0.0917. The number of rotatable bonds is 6. The van der Waals surface area contributed by atoms with Gasteiger partial charge in [0, 0.05) is 0 Å². The molecule has 1 saturated heterocycles. The summed E-state index contributed by atoms with van der Waals surface area (Å²) in [4.78, 5) is 7.76. The van der Waals surface area contributed by atoms with Gasteiger partial charge >= 0.3 is 0 Å². The Hall–Kier alpha value is -1.49. The fourth-order valence-electron chi connectivity index (χ4n) is 3.04. The van der Waals surface area contributed by atoms with Gasteiger partial charge in [-0.25, -0.2) is 9.50 Å². The van der Waals surface area contributed by atoms with Gasteiger partial charge in [-0.1, -0.05) is 12.2 Å². The lowest BCUT2D eigenvalue weighted by Gasteiger charge is -2.30. The van der Waals surface area contributed by atoms with Crippen molar-refractivity contribution in [1.29, 1.82) is 0 Å². The molecule has 0 aliphatic carbocycles. The highest BCUT2D eigenvalue weighted by Crippen LogP contribution is 2.42. The molecule has 136 valence electrons. The molecule has 1 fully saturated rings. The number of nitrogens with zero attached hydrogens (tertiary/aromatic N) is 4. The van der Waals surface area contributed by atoms with Gasteiger partial charge < -0.3 is 25.2 Å². The molecule has 10 nitrogen and oxygen atoms in total. The summed E-state index contributed by atoms with van der Waals surface area (Å²) in [6.45, 7) is 3.21. The Kier molecular flexibility index (Phi) is 5.14. The quantitative estimate of drug-likeness (QED) is 0.299. The first-order chi connectivity index (χ1) is 11.9. The van der Waals surface area contributed by atoms with E-state index in [4.69, 9.17) is 15.0 Å². The fraction of sp³-hybridized carbons (Fsp3) is 0.462. The third-order valence-electron chi connectivity index (χ3n) is 4.18. The van der Waals surface area contributed by atoms with Crippen LogP contribution >= 0.6 is 19.5 Å². The molecule has 25 heavy (non-hydrogen) atoms. The number of hydrogen-bond acceptors (Lipinski definition) is 9. The van der Waals surface area contributed by atoms with Crippen LogP contribution in [0.2, 0.25) is 0 Å². The number of anilines is 1. The summed E-state index contributed by atoms with van der Waals surface area (Å²) >= 11 is 3.69. The normalized spacial score (nSPS) is 30.6. The number of aliphatic hydroxyl groups excluding tert-OH is 2. The van der Waals surface area contributed by atoms with E-state index in [1.54, 1.807) is 12.1 Å². The van der Waals surface area contributed by atoms with E-state index in [1.807, 2.05) is 0 Å². The Bertz CT molecular complexity index is 819. The monoisotopic (exact) mass is 387 g/mol. The number of aliphatic imine (C=N–C) groups is 1. The molecule has 5 atom stereocenters. The van der Waals surface area contributed by atoms with Crippen LogP contribution in [0.3, 0.4) is 0 Å². The number of thiol groups is 1. The molecular formula is C13H18N5O5PS. The summed E-state index contributed by atoms with van der Waals surface area (Å²) in [6.07, 6.45) is -2.29. The van der Waals surface area contributed by atoms with Gasteiger partial charge in [0.1, 0.15) is 30.2 Å². The van der Waals surface area contributed by atoms with Gasteiger partial charge in [0.05, 0.1) is 18.8 Å². The number of nitrogen functional groups attached to an aromatic ring is 1. The molecule has 0 spiro atoms. The molecule has 3 rings (SSSR count). The SMILES string of the molecule is C=NC[C@@]1(c2ccc3c(N)ncnn23)O[C@H](CO[P@H](=O)S)[C@@H](O)[C@H]1O. The second kappa shape index (κ2) is 7.02. The van der Waals surface area contributed by atoms with Crippen molar-refractivity contribution in [3.8, 4) is 0 Å². The average molecular weight is 387 g/mol. The van der Waals surface area contributed by atoms with Crippen LogP contribution in [0.15, 0.2) is 23.5 Å². The van der Waals surface area contributed by atoms with Crippen molar-refractivity contribution in [3.05, 3.63) is 24.2 Å². The molecule has 0 saturated carbocycles. The van der Waals surface area contributed by atoms with Gasteiger partial charge in [-0.05, 0) is 18.9 Å². The van der Waals surface area contributed by atoms with Crippen LogP contribution in [0, 0.1) is 0 Å². The van der Waals surface area contributed by atoms with Crippen LogP contribution in [0.4, 0.5) is 5.82 Å². The molecule has 0 aromatic carbocycles. The number of hydrogen-bond donors (Lipinski definition) is 4. The predicted octanol–water partition coefficient (Wildman–Crippen LogP) is -0.336. The Morgan fingerprint density at radius 1 is 1.56 bits per heavy atom. The van der Waals surface area contributed by atoms with Gasteiger partial charge in [0.2, 0.25) is 7.23 Å². The third-order valence-corrected chi connectivity index (χ3v) is 4.98. The van der Waals surface area contributed by atoms with Crippen molar-refractivity contribution >= 4 is 37.5 Å². The van der Waals surface area contributed by atoms with Crippen molar-refractivity contribution in [2.45, 2.75) is 23.9 Å². The van der Waals surface area contributed by atoms with Crippen LogP contribution in [0.5, 0.6) is 0 Å². The maximum absolute atomic E-state index is 11.1. The minimum absolute atomic E-state index is 0.0478. The van der Waals surface area contributed by atoms with Gasteiger partial charge in [-0.15, -0.1) is 0 Å². The van der Waals surface area contributed by atoms with Gasteiger partial charge in [-0.3, -0.25) is 9.56 Å². The van der Waals surface area contributed by atoms with Crippen molar-refractivity contribution in [1.82, 2.24) is 14.6 Å². The first-order valence-electron chi connectivity index (χ1n) is 7.31. The van der Waals surface area contributed by atoms with Gasteiger partial charge in [0.15, 0.2) is 11.4 Å². The molecule has 0 bridgehead atoms. The van der Waals surface area contributed by atoms with Crippen molar-refractivity contribution in [2.75, 3.05) is 18.9 Å². The topological polar surface area (TPSA) is 145 Å². The summed E-state index contributed by atoms with van der Waals surface area (Å²) < 4.78 is 23.4. The number of aliphatic hydroxyl groups is 2. The highest BCUT2D eigenvalue weighted by molar-refractivity contribution is 8.39. The highest BCUT2D eigenvalue weighted by Gasteiger charge is 2.56. The van der Waals surface area contributed by atoms with Gasteiger partial charge in [0.25, 0.3) is 0 Å². The smallest absolute Gasteiger partial charge is 0.243 e. The predicted molar refractivity (Wildman–Crippen MR) is 94.3 cm³/mol. The number of nitrogens with two attached hydrogens (primary N) is 1. The van der Waals surface area contributed by atoms with E-state index in [0.29, 0.717) is 11.2 Å². The average Bonchev–Trinajstić information content (AvgIpc) is 3.10. The second-order valence-corrected chi connectivity index (χ2v) is 7.52. The van der Waals surface area contributed by atoms with Gasteiger partial charge in [-0.2, -0.15) is 5.10 Å². The van der Waals surface area contributed by atoms with E-state index in [0.717, 1.165) is 0 Å². The molecule has 3 heterocycles. The van der Waals surface area contributed by atoms with E-state index in [9.17, 15) is 14.8 Å². The zero-order valence-electron chi connectivity index (χ0n) is 13.0. The van der Waals surface area contributed by atoms with Crippen LogP contribution < -0.4 is 5.73 Å². The summed E-state index contributed by atoms with van der Waals surface area (Å²) in [7, 11) is -2.51. The van der Waals surface area contributed by atoms with Crippen LogP contribution in [0.25, 0.3) is 5.52 Å². The van der Waals surface area contributed by atoms with E-state index >= 15 is 0 Å². The zero-order chi connectivity index (χ0) is 18.2. The van der Waals surface area contributed by atoms with E-state index in [1.165, 1.54) is 10.8 Å². The van der Waals surface area contributed by atoms with E-state index < -0.39 is 31.1 Å². The summed E-state index contributed by atoms with van der Waals surface area (Å²) in [5.74, 6) is 0.254. The first-order valence-corrected chi connectivity index (χ1v) is 9.92. The molecule has 1 aliphatic heterocycles. The zero-order valence-corrected chi connectivity index (χ0v) is 14.9. The maximum Gasteiger partial charge on any atom is 0.243 e. The Morgan fingerprint density at radius 3 is 3.00 bits per heavy atom. The Balaban J connectivity index is 2.05. The first kappa shape index (κ1) is 18.3. The lowest BCUT2D eigenvalue weighted by Crippen LogP contribution is -2.44. The molecule has 1 aliphatic rings. The minimum Gasteiger partial charge on any atom is -0.387 e. The molecule has 2 aromatic heterocycles. The van der Waals surface area contributed by atoms with Crippen molar-refractivity contribution < 1.29 is 24.0 Å². The van der Waals surface area contributed by atoms with Crippen LogP contribution in [0.1, 0.15) is 5.69 Å². The van der Waals surface area contributed by atoms with Crippen LogP contribution in [-0.4, -0.2) is 63.0 Å². The lowest BCUT2D eigenvalue weighted by atomic mass is 9.91. The Labute approximate surface area is 148 Å². The Morgan fingerprint density at radius 2 is 2.32 bits per heavy atom. The summed E-state index contributed by atoms with van der Waals surface area (Å²) in [5.41, 5.74) is 5.36. The number of fused-ring (bicyclic) bond motifs is 1. The molecule has 0 radical (unpaired) electrons. The van der Waals surface area contributed by atoms with Crippen molar-refractivity contribution in [2.24, 2.45) is 4.99 Å². The minimum atomic E-state index is -2.51. The number of aromatic nitrogens is 3. The second-order valence-electron chi connectivity index (χ2n) is 5.60. The standard InChI is InChI=1S/C13H18N5O5PS/c1-15-5-13(9-3-2-7-12(14)16-6-17-18(7)9)11(20)10(19)8(23-13)4-22-24(21)25/h2-3,6,8,10-11,19-20,24H,1,4-5H2,(H,21,25)(H2,14,16,17)/t8-,10-,11-,13+/m1/s1. The number of ether oxygens (including phenoxy) is 1. The molecular weight excluding hydrogens is 369 g/mol. The molecule has 2 aromatic rings. The molecule has 0 unspecified atom stereocenters. The largest absolute Gasteiger partial charge is 0.387 e. The third kappa shape index (κ3) is 3.07. The van der Waals surface area contributed by atoms with Crippen molar-refractivity contribution in [3.63, 3.8) is 0 Å². The molecule has 12 heteroatoms. The van der Waals surface area contributed by atoms with E-state index in [-0.39, 0.29) is 19.0 Å². The molecule has 4 N–H and O–H groups in total. The van der Waals surface area contributed by atoms with Crippen LogP contribution in [-0.2, 0) is 19.4 Å². The fourth-order valence-corrected chi connectivity index (χ4v) is 3.57. The highest BCUT2D eigenvalue weighted by atomic mass is 32.7. The summed E-state index contributed by atoms with van der Waals surface area (Å²) in [5, 5.41) is 25.2. The molecule has 0 amide bonds.